The van der Waals surface area contributed by atoms with Crippen molar-refractivity contribution >= 4 is 33.5 Å². The second kappa shape index (κ2) is 8.66. The van der Waals surface area contributed by atoms with E-state index in [-0.39, 0.29) is 11.4 Å². The number of fused-ring (bicyclic) bond motifs is 2. The van der Waals surface area contributed by atoms with Gasteiger partial charge in [-0.3, -0.25) is 24.8 Å². The lowest BCUT2D eigenvalue weighted by Crippen LogP contribution is -2.09. The lowest BCUT2D eigenvalue weighted by molar-refractivity contribution is -0.115. The highest BCUT2D eigenvalue weighted by molar-refractivity contribution is 5.98. The van der Waals surface area contributed by atoms with E-state index in [0.717, 1.165) is 11.1 Å². The van der Waals surface area contributed by atoms with Gasteiger partial charge < -0.3 is 10.3 Å². The first-order chi connectivity index (χ1) is 17.6. The van der Waals surface area contributed by atoms with Gasteiger partial charge >= 0.3 is 0 Å². The van der Waals surface area contributed by atoms with Crippen LogP contribution in [0.15, 0.2) is 67.4 Å². The molecule has 9 nitrogen and oxygen atoms in total. The highest BCUT2D eigenvalue weighted by atomic mass is 19.1. The van der Waals surface area contributed by atoms with Crippen molar-refractivity contribution < 1.29 is 9.18 Å². The van der Waals surface area contributed by atoms with Crippen molar-refractivity contribution in [3.05, 3.63) is 73.2 Å². The summed E-state index contributed by atoms with van der Waals surface area (Å²) in [6.45, 7) is 1.77. The number of rotatable bonds is 5. The number of hydrogen-bond donors (Lipinski definition) is 3. The Morgan fingerprint density at radius 1 is 1.00 bits per heavy atom. The molecule has 6 aromatic rings. The molecule has 0 aliphatic heterocycles. The molecule has 0 radical (unpaired) electrons. The quantitative estimate of drug-likeness (QED) is 0.316. The van der Waals surface area contributed by atoms with E-state index in [1.807, 2.05) is 24.3 Å². The van der Waals surface area contributed by atoms with E-state index in [1.54, 1.807) is 44.0 Å². The van der Waals surface area contributed by atoms with Crippen molar-refractivity contribution in [1.82, 2.24) is 35.1 Å². The van der Waals surface area contributed by atoms with Gasteiger partial charge in [0.2, 0.25) is 5.91 Å². The van der Waals surface area contributed by atoms with Crippen molar-refractivity contribution in [1.29, 1.82) is 0 Å². The average Bonchev–Trinajstić information content (AvgIpc) is 3.53. The lowest BCUT2D eigenvalue weighted by Gasteiger charge is -2.07. The minimum atomic E-state index is -0.460. The molecule has 0 saturated carbocycles. The van der Waals surface area contributed by atoms with Crippen LogP contribution in [0.25, 0.3) is 55.8 Å². The Hall–Kier alpha value is -4.99. The molecule has 5 aromatic heterocycles. The van der Waals surface area contributed by atoms with Crippen LogP contribution in [0.3, 0.4) is 0 Å². The van der Waals surface area contributed by atoms with Crippen LogP contribution in [0.5, 0.6) is 0 Å². The minimum absolute atomic E-state index is 0.127. The number of aromatic nitrogens is 7. The summed E-state index contributed by atoms with van der Waals surface area (Å²) in [6.07, 6.45) is 8.65. The van der Waals surface area contributed by atoms with Crippen molar-refractivity contribution in [2.45, 2.75) is 13.3 Å². The number of aromatic amines is 2. The Morgan fingerprint density at radius 3 is 2.72 bits per heavy atom. The number of hydrogen-bond acceptors (Lipinski definition) is 6. The van der Waals surface area contributed by atoms with Gasteiger partial charge in [0, 0.05) is 47.7 Å². The second-order valence-electron chi connectivity index (χ2n) is 8.20. The van der Waals surface area contributed by atoms with Crippen LogP contribution in [0.2, 0.25) is 0 Å². The molecule has 1 amide bonds. The Bertz CT molecular complexity index is 1740. The van der Waals surface area contributed by atoms with Gasteiger partial charge in [-0.1, -0.05) is 6.92 Å². The molecule has 0 aliphatic rings. The highest BCUT2D eigenvalue weighted by Gasteiger charge is 2.18. The van der Waals surface area contributed by atoms with Crippen molar-refractivity contribution in [2.24, 2.45) is 0 Å². The predicted molar refractivity (Wildman–Crippen MR) is 134 cm³/mol. The Balaban J connectivity index is 1.46. The van der Waals surface area contributed by atoms with Crippen LogP contribution in [0, 0.1) is 5.82 Å². The number of anilines is 1. The molecule has 10 heteroatoms. The molecule has 0 bridgehead atoms. The molecular weight excluding hydrogens is 459 g/mol. The summed E-state index contributed by atoms with van der Waals surface area (Å²) >= 11 is 0. The first-order valence-electron chi connectivity index (χ1n) is 11.3. The van der Waals surface area contributed by atoms with Crippen LogP contribution in [0.4, 0.5) is 10.1 Å². The molecule has 0 saturated heterocycles. The highest BCUT2D eigenvalue weighted by Crippen LogP contribution is 2.33. The van der Waals surface area contributed by atoms with E-state index < -0.39 is 5.82 Å². The summed E-state index contributed by atoms with van der Waals surface area (Å²) in [6, 6.07) is 10.6. The normalized spacial score (nSPS) is 11.3. The fourth-order valence-corrected chi connectivity index (χ4v) is 4.10. The Kier molecular flexibility index (Phi) is 5.18. The molecule has 0 spiro atoms. The van der Waals surface area contributed by atoms with Gasteiger partial charge in [0.05, 0.1) is 23.1 Å². The standard InChI is InChI=1S/C26H19FN8O/c1-2-21(36)31-17-8-16(12-29-13-17)15-9-18-23(19(27)10-15)34-35-24(18)26-32-20-5-7-30-22(25(20)33-26)14-4-3-6-28-11-14/h3-13H,2H2,1H3,(H,31,36)(H,32,33)(H,34,35). The van der Waals surface area contributed by atoms with E-state index in [9.17, 15) is 4.79 Å². The summed E-state index contributed by atoms with van der Waals surface area (Å²) in [5.41, 5.74) is 5.49. The molecule has 0 atom stereocenters. The summed E-state index contributed by atoms with van der Waals surface area (Å²) < 4.78 is 15.1. The number of imidazole rings is 1. The van der Waals surface area contributed by atoms with Crippen molar-refractivity contribution in [2.75, 3.05) is 5.32 Å². The number of nitrogens with one attached hydrogen (secondary N) is 3. The fourth-order valence-electron chi connectivity index (χ4n) is 4.10. The molecule has 36 heavy (non-hydrogen) atoms. The zero-order valence-electron chi connectivity index (χ0n) is 19.1. The van der Waals surface area contributed by atoms with Crippen LogP contribution in [-0.2, 0) is 4.79 Å². The molecule has 6 rings (SSSR count). The number of benzene rings is 1. The van der Waals surface area contributed by atoms with Gasteiger partial charge in [0.25, 0.3) is 0 Å². The third-order valence-electron chi connectivity index (χ3n) is 5.86. The van der Waals surface area contributed by atoms with Gasteiger partial charge in [-0.2, -0.15) is 5.10 Å². The van der Waals surface area contributed by atoms with E-state index in [2.05, 4.69) is 35.5 Å². The topological polar surface area (TPSA) is 125 Å². The average molecular weight is 478 g/mol. The predicted octanol–water partition coefficient (Wildman–Crippen LogP) is 5.11. The largest absolute Gasteiger partial charge is 0.336 e. The van der Waals surface area contributed by atoms with Gasteiger partial charge in [0.15, 0.2) is 5.82 Å². The van der Waals surface area contributed by atoms with Crippen LogP contribution in [-0.4, -0.2) is 41.0 Å². The fraction of sp³-hybridized carbons (Fsp3) is 0.0769. The number of pyridine rings is 3. The first-order valence-corrected chi connectivity index (χ1v) is 11.3. The molecule has 3 N–H and O–H groups in total. The molecule has 0 unspecified atom stereocenters. The first kappa shape index (κ1) is 21.5. The number of amides is 1. The number of H-pyrrole nitrogens is 2. The van der Waals surface area contributed by atoms with E-state index >= 15 is 4.39 Å². The molecule has 0 aliphatic carbocycles. The summed E-state index contributed by atoms with van der Waals surface area (Å²) in [5.74, 6) is -0.108. The third-order valence-corrected chi connectivity index (χ3v) is 5.86. The molecule has 5 heterocycles. The number of carbonyl (C=O) groups is 1. The summed E-state index contributed by atoms with van der Waals surface area (Å²) in [4.78, 5) is 32.7. The van der Waals surface area contributed by atoms with Crippen molar-refractivity contribution in [3.63, 3.8) is 0 Å². The second-order valence-corrected chi connectivity index (χ2v) is 8.20. The number of halogens is 1. The zero-order chi connectivity index (χ0) is 24.6. The van der Waals surface area contributed by atoms with Crippen LogP contribution in [0.1, 0.15) is 13.3 Å². The summed E-state index contributed by atoms with van der Waals surface area (Å²) in [5, 5.41) is 10.5. The molecule has 1 aromatic carbocycles. The number of nitrogens with zero attached hydrogens (tertiary/aromatic N) is 5. The Labute approximate surface area is 203 Å². The number of carbonyl (C=O) groups excluding carboxylic acids is 1. The van der Waals surface area contributed by atoms with E-state index in [4.69, 9.17) is 4.98 Å². The minimum Gasteiger partial charge on any atom is -0.336 e. The molecule has 0 fully saturated rings. The van der Waals surface area contributed by atoms with Crippen LogP contribution < -0.4 is 5.32 Å². The molecule has 176 valence electrons. The Morgan fingerprint density at radius 2 is 1.89 bits per heavy atom. The molecular formula is C26H19FN8O. The van der Waals surface area contributed by atoms with Gasteiger partial charge in [0.1, 0.15) is 22.5 Å². The van der Waals surface area contributed by atoms with Crippen LogP contribution >= 0.6 is 0 Å². The maximum absolute atomic E-state index is 15.1. The van der Waals surface area contributed by atoms with Crippen molar-refractivity contribution in [3.8, 4) is 33.9 Å². The maximum atomic E-state index is 15.1. The monoisotopic (exact) mass is 478 g/mol. The van der Waals surface area contributed by atoms with E-state index in [0.29, 0.717) is 51.4 Å². The lowest BCUT2D eigenvalue weighted by atomic mass is 10.0. The maximum Gasteiger partial charge on any atom is 0.224 e. The van der Waals surface area contributed by atoms with Gasteiger partial charge in [-0.15, -0.1) is 0 Å². The van der Waals surface area contributed by atoms with Gasteiger partial charge in [-0.05, 0) is 42.0 Å². The third kappa shape index (κ3) is 3.74. The SMILES string of the molecule is CCC(=O)Nc1cncc(-c2cc(F)c3[nH]nc(-c4nc5c(-c6cccnc6)nccc5[nH]4)c3c2)c1. The van der Waals surface area contributed by atoms with E-state index in [1.165, 1.54) is 6.07 Å². The summed E-state index contributed by atoms with van der Waals surface area (Å²) in [7, 11) is 0. The zero-order valence-corrected chi connectivity index (χ0v) is 19.1. The smallest absolute Gasteiger partial charge is 0.224 e. The van der Waals surface area contributed by atoms with Gasteiger partial charge in [-0.25, -0.2) is 9.37 Å².